The molecule has 0 spiro atoms. The number of carbonyl (C=O) groups excluding carboxylic acids is 1. The molecule has 0 bridgehead atoms. The minimum Gasteiger partial charge on any atom is -0.298 e. The van der Waals surface area contributed by atoms with Crippen LogP contribution in [-0.4, -0.2) is 16.3 Å². The standard InChI is InChI=1S/C11H20OS/c1-4-9(5-2)10(12)11(3)7-6-8-13-11/h9H,4-8H2,1-3H3. The molecule has 1 fully saturated rings. The van der Waals surface area contributed by atoms with Gasteiger partial charge in [-0.1, -0.05) is 13.8 Å². The lowest BCUT2D eigenvalue weighted by atomic mass is 9.87. The van der Waals surface area contributed by atoms with Gasteiger partial charge in [0.25, 0.3) is 0 Å². The third kappa shape index (κ3) is 2.28. The van der Waals surface area contributed by atoms with Gasteiger partial charge in [-0.25, -0.2) is 0 Å². The molecule has 0 N–H and O–H groups in total. The summed E-state index contributed by atoms with van der Waals surface area (Å²) in [6.07, 6.45) is 4.32. The van der Waals surface area contributed by atoms with Gasteiger partial charge in [-0.05, 0) is 38.4 Å². The first kappa shape index (κ1) is 11.1. The first-order chi connectivity index (χ1) is 6.14. The Morgan fingerprint density at radius 1 is 1.46 bits per heavy atom. The summed E-state index contributed by atoms with van der Waals surface area (Å²) in [5, 5.41) is 0. The molecule has 1 heterocycles. The van der Waals surface area contributed by atoms with Crippen molar-refractivity contribution in [3.63, 3.8) is 0 Å². The summed E-state index contributed by atoms with van der Waals surface area (Å²) in [6.45, 7) is 6.37. The number of ketones is 1. The summed E-state index contributed by atoms with van der Waals surface area (Å²) < 4.78 is -0.0450. The molecule has 1 aliphatic rings. The Bertz CT molecular complexity index is 179. The molecule has 1 unspecified atom stereocenters. The Labute approximate surface area is 85.7 Å². The number of hydrogen-bond acceptors (Lipinski definition) is 2. The third-order valence-electron chi connectivity index (χ3n) is 3.10. The van der Waals surface area contributed by atoms with E-state index in [1.165, 1.54) is 12.2 Å². The molecule has 1 nitrogen and oxygen atoms in total. The predicted octanol–water partition coefficient (Wildman–Crippen LogP) is 3.28. The van der Waals surface area contributed by atoms with Crippen molar-refractivity contribution < 1.29 is 4.79 Å². The van der Waals surface area contributed by atoms with Crippen LogP contribution in [0.25, 0.3) is 0 Å². The van der Waals surface area contributed by atoms with Crippen LogP contribution in [0.5, 0.6) is 0 Å². The average molecular weight is 200 g/mol. The maximum atomic E-state index is 12.1. The highest BCUT2D eigenvalue weighted by molar-refractivity contribution is 8.01. The molecule has 13 heavy (non-hydrogen) atoms. The maximum Gasteiger partial charge on any atom is 0.151 e. The minimum atomic E-state index is -0.0450. The molecule has 0 aromatic carbocycles. The zero-order valence-electron chi connectivity index (χ0n) is 8.93. The molecule has 0 saturated carbocycles. The Balaban J connectivity index is 2.64. The third-order valence-corrected chi connectivity index (χ3v) is 4.63. The van der Waals surface area contributed by atoms with Crippen LogP contribution in [0.3, 0.4) is 0 Å². The van der Waals surface area contributed by atoms with E-state index >= 15 is 0 Å². The van der Waals surface area contributed by atoms with Crippen LogP contribution in [0.15, 0.2) is 0 Å². The maximum absolute atomic E-state index is 12.1. The fraction of sp³-hybridized carbons (Fsp3) is 0.909. The van der Waals surface area contributed by atoms with Crippen molar-refractivity contribution in [2.75, 3.05) is 5.75 Å². The second-order valence-electron chi connectivity index (χ2n) is 4.06. The van der Waals surface area contributed by atoms with E-state index in [1.54, 1.807) is 0 Å². The first-order valence-corrected chi connectivity index (χ1v) is 6.31. The largest absolute Gasteiger partial charge is 0.298 e. The van der Waals surface area contributed by atoms with Crippen molar-refractivity contribution in [1.29, 1.82) is 0 Å². The Kier molecular flexibility index (Phi) is 3.84. The molecule has 1 aliphatic heterocycles. The zero-order valence-corrected chi connectivity index (χ0v) is 9.75. The summed E-state index contributed by atoms with van der Waals surface area (Å²) >= 11 is 1.86. The van der Waals surface area contributed by atoms with Gasteiger partial charge in [0.05, 0.1) is 4.75 Å². The van der Waals surface area contributed by atoms with Crippen molar-refractivity contribution >= 4 is 17.5 Å². The molecule has 76 valence electrons. The quantitative estimate of drug-likeness (QED) is 0.693. The molecule has 2 heteroatoms. The zero-order chi connectivity index (χ0) is 9.90. The molecule has 0 radical (unpaired) electrons. The summed E-state index contributed by atoms with van der Waals surface area (Å²) in [4.78, 5) is 12.1. The monoisotopic (exact) mass is 200 g/mol. The van der Waals surface area contributed by atoms with Crippen LogP contribution in [-0.2, 0) is 4.79 Å². The molecule has 1 atom stereocenters. The molecule has 0 amide bonds. The van der Waals surface area contributed by atoms with Gasteiger partial charge in [0, 0.05) is 5.92 Å². The van der Waals surface area contributed by atoms with E-state index in [0.717, 1.165) is 19.3 Å². The van der Waals surface area contributed by atoms with Gasteiger partial charge in [-0.3, -0.25) is 4.79 Å². The van der Waals surface area contributed by atoms with Gasteiger partial charge in [0.15, 0.2) is 5.78 Å². The SMILES string of the molecule is CCC(CC)C(=O)C1(C)CCCS1. The highest BCUT2D eigenvalue weighted by Gasteiger charge is 2.39. The van der Waals surface area contributed by atoms with Gasteiger partial charge in [0.1, 0.15) is 0 Å². The van der Waals surface area contributed by atoms with Crippen molar-refractivity contribution in [3.8, 4) is 0 Å². The summed E-state index contributed by atoms with van der Waals surface area (Å²) in [5.74, 6) is 1.97. The Hall–Kier alpha value is 0.0200. The number of rotatable bonds is 4. The fourth-order valence-corrected chi connectivity index (χ4v) is 3.40. The van der Waals surface area contributed by atoms with Crippen LogP contribution >= 0.6 is 11.8 Å². The Morgan fingerprint density at radius 3 is 2.46 bits per heavy atom. The van der Waals surface area contributed by atoms with Gasteiger partial charge in [0.2, 0.25) is 0 Å². The van der Waals surface area contributed by atoms with Crippen molar-refractivity contribution in [1.82, 2.24) is 0 Å². The van der Waals surface area contributed by atoms with E-state index in [2.05, 4.69) is 20.8 Å². The van der Waals surface area contributed by atoms with Gasteiger partial charge in [-0.15, -0.1) is 11.8 Å². The van der Waals surface area contributed by atoms with Crippen LogP contribution in [0.1, 0.15) is 46.5 Å². The lowest BCUT2D eigenvalue weighted by Crippen LogP contribution is -2.34. The number of hydrogen-bond donors (Lipinski definition) is 0. The normalized spacial score (nSPS) is 28.3. The summed E-state index contributed by atoms with van der Waals surface area (Å²) in [6, 6.07) is 0. The highest BCUT2D eigenvalue weighted by atomic mass is 32.2. The molecular weight excluding hydrogens is 180 g/mol. The van der Waals surface area contributed by atoms with E-state index < -0.39 is 0 Å². The fourth-order valence-electron chi connectivity index (χ4n) is 2.06. The van der Waals surface area contributed by atoms with E-state index in [0.29, 0.717) is 11.7 Å². The smallest absolute Gasteiger partial charge is 0.151 e. The van der Waals surface area contributed by atoms with Crippen LogP contribution in [0.4, 0.5) is 0 Å². The second kappa shape index (κ2) is 4.50. The first-order valence-electron chi connectivity index (χ1n) is 5.32. The lowest BCUT2D eigenvalue weighted by molar-refractivity contribution is -0.125. The van der Waals surface area contributed by atoms with E-state index in [1.807, 2.05) is 11.8 Å². The number of thioether (sulfide) groups is 1. The molecule has 0 aromatic rings. The van der Waals surface area contributed by atoms with Crippen LogP contribution < -0.4 is 0 Å². The van der Waals surface area contributed by atoms with Gasteiger partial charge < -0.3 is 0 Å². The second-order valence-corrected chi connectivity index (χ2v) is 5.66. The predicted molar refractivity (Wildman–Crippen MR) is 59.2 cm³/mol. The topological polar surface area (TPSA) is 17.1 Å². The number of Topliss-reactive ketones (excluding diaryl/α,β-unsaturated/α-hetero) is 1. The average Bonchev–Trinajstić information content (AvgIpc) is 2.55. The number of carbonyl (C=O) groups is 1. The van der Waals surface area contributed by atoms with E-state index in [9.17, 15) is 4.79 Å². The van der Waals surface area contributed by atoms with Crippen LogP contribution in [0, 0.1) is 5.92 Å². The molecule has 0 aliphatic carbocycles. The van der Waals surface area contributed by atoms with Crippen molar-refractivity contribution in [2.24, 2.45) is 5.92 Å². The van der Waals surface area contributed by atoms with Gasteiger partial charge >= 0.3 is 0 Å². The minimum absolute atomic E-state index is 0.0450. The molecule has 1 rings (SSSR count). The van der Waals surface area contributed by atoms with E-state index in [-0.39, 0.29) is 4.75 Å². The lowest BCUT2D eigenvalue weighted by Gasteiger charge is -2.25. The Morgan fingerprint density at radius 2 is 2.08 bits per heavy atom. The van der Waals surface area contributed by atoms with Crippen molar-refractivity contribution in [2.45, 2.75) is 51.2 Å². The van der Waals surface area contributed by atoms with Crippen molar-refractivity contribution in [3.05, 3.63) is 0 Å². The highest BCUT2D eigenvalue weighted by Crippen LogP contribution is 2.40. The van der Waals surface area contributed by atoms with Crippen LogP contribution in [0.2, 0.25) is 0 Å². The molecular formula is C11H20OS. The van der Waals surface area contributed by atoms with Gasteiger partial charge in [-0.2, -0.15) is 0 Å². The molecule has 1 saturated heterocycles. The van der Waals surface area contributed by atoms with E-state index in [4.69, 9.17) is 0 Å². The summed E-state index contributed by atoms with van der Waals surface area (Å²) in [7, 11) is 0. The molecule has 0 aromatic heterocycles. The summed E-state index contributed by atoms with van der Waals surface area (Å²) in [5.41, 5.74) is 0.